The fourth-order valence-electron chi connectivity index (χ4n) is 2.70. The van der Waals surface area contributed by atoms with Gasteiger partial charge in [0.25, 0.3) is 0 Å². The molecule has 0 rings (SSSR count). The van der Waals surface area contributed by atoms with E-state index in [4.69, 9.17) is 22.3 Å². The fourth-order valence-corrected chi connectivity index (χ4v) is 2.70. The van der Waals surface area contributed by atoms with Crippen LogP contribution in [0.2, 0.25) is 0 Å². The number of rotatable bonds is 15. The molecule has 14 heteroatoms. The summed E-state index contributed by atoms with van der Waals surface area (Å²) in [5.74, 6) is -5.32. The van der Waals surface area contributed by atoms with Crippen LogP contribution in [0.1, 0.15) is 46.5 Å². The minimum atomic E-state index is -1.57. The number of nitrogens with two attached hydrogens (primary N) is 3. The molecule has 14 nitrogen and oxygen atoms in total. The third kappa shape index (κ3) is 12.9. The van der Waals surface area contributed by atoms with Gasteiger partial charge in [-0.3, -0.25) is 24.2 Å². The molecule has 0 spiro atoms. The van der Waals surface area contributed by atoms with Crippen molar-refractivity contribution in [1.29, 1.82) is 0 Å². The summed E-state index contributed by atoms with van der Waals surface area (Å²) in [6.45, 7) is 5.17. The highest BCUT2D eigenvalue weighted by atomic mass is 16.4. The average molecular weight is 474 g/mol. The quantitative estimate of drug-likeness (QED) is 0.0701. The van der Waals surface area contributed by atoms with E-state index in [9.17, 15) is 29.1 Å². The van der Waals surface area contributed by atoms with Crippen molar-refractivity contribution in [3.8, 4) is 0 Å². The maximum Gasteiger partial charge on any atom is 0.326 e. The van der Waals surface area contributed by atoms with Gasteiger partial charge in [0.05, 0.1) is 12.5 Å². The maximum atomic E-state index is 12.7. The first-order chi connectivity index (χ1) is 15.2. The lowest BCUT2D eigenvalue weighted by molar-refractivity contribution is -0.143. The summed E-state index contributed by atoms with van der Waals surface area (Å²) in [5, 5.41) is 25.5. The van der Waals surface area contributed by atoms with Crippen LogP contribution in [-0.2, 0) is 24.0 Å². The highest BCUT2D eigenvalue weighted by molar-refractivity contribution is 5.95. The first-order valence-electron chi connectivity index (χ1n) is 10.4. The number of carboxylic acid groups (broad SMARTS) is 2. The van der Waals surface area contributed by atoms with E-state index in [-0.39, 0.29) is 37.7 Å². The molecular formula is C19H35N7O7. The van der Waals surface area contributed by atoms with Gasteiger partial charge in [-0.15, -0.1) is 0 Å². The summed E-state index contributed by atoms with van der Waals surface area (Å²) in [4.78, 5) is 63.7. The van der Waals surface area contributed by atoms with Crippen molar-refractivity contribution in [3.05, 3.63) is 0 Å². The zero-order valence-electron chi connectivity index (χ0n) is 19.0. The van der Waals surface area contributed by atoms with E-state index in [1.165, 1.54) is 6.92 Å². The highest BCUT2D eigenvalue weighted by Gasteiger charge is 2.31. The molecule has 0 bridgehead atoms. The lowest BCUT2D eigenvalue weighted by Crippen LogP contribution is -2.57. The van der Waals surface area contributed by atoms with Gasteiger partial charge >= 0.3 is 11.9 Å². The van der Waals surface area contributed by atoms with Crippen LogP contribution in [0.15, 0.2) is 4.99 Å². The highest BCUT2D eigenvalue weighted by Crippen LogP contribution is 2.07. The number of guanidine groups is 1. The van der Waals surface area contributed by atoms with E-state index < -0.39 is 60.2 Å². The standard InChI is InChI=1S/C19H35N7O7/c1-9(2)7-12(25-15(29)10(3)20)16(30)26-13(8-14(27)28)17(31)24-11(18(32)33)5-4-6-23-19(21)22/h9-13H,4-8,20H2,1-3H3,(H,24,31)(H,25,29)(H,26,30)(H,27,28)(H,32,33)(H4,21,22,23). The van der Waals surface area contributed by atoms with Gasteiger partial charge in [-0.25, -0.2) is 4.79 Å². The molecule has 4 atom stereocenters. The van der Waals surface area contributed by atoms with Crippen molar-refractivity contribution >= 4 is 35.6 Å². The van der Waals surface area contributed by atoms with Crippen LogP contribution in [0.3, 0.4) is 0 Å². The molecule has 4 unspecified atom stereocenters. The van der Waals surface area contributed by atoms with Gasteiger partial charge < -0.3 is 43.4 Å². The van der Waals surface area contributed by atoms with Gasteiger partial charge in [0.2, 0.25) is 17.7 Å². The van der Waals surface area contributed by atoms with Crippen molar-refractivity contribution in [2.24, 2.45) is 28.1 Å². The first kappa shape index (κ1) is 29.6. The number of nitrogens with zero attached hydrogens (tertiary/aromatic N) is 1. The van der Waals surface area contributed by atoms with Crippen molar-refractivity contribution < 1.29 is 34.2 Å². The number of aliphatic carboxylic acids is 2. The molecule has 11 N–H and O–H groups in total. The summed E-state index contributed by atoms with van der Waals surface area (Å²) in [6, 6.07) is -4.89. The van der Waals surface area contributed by atoms with E-state index in [0.29, 0.717) is 0 Å². The third-order valence-corrected chi connectivity index (χ3v) is 4.33. The molecule has 0 aromatic heterocycles. The summed E-state index contributed by atoms with van der Waals surface area (Å²) in [7, 11) is 0. The number of nitrogens with one attached hydrogen (secondary N) is 3. The minimum absolute atomic E-state index is 0.0255. The Bertz CT molecular complexity index is 736. The third-order valence-electron chi connectivity index (χ3n) is 4.33. The monoisotopic (exact) mass is 473 g/mol. The number of carbonyl (C=O) groups is 5. The molecule has 0 aliphatic rings. The summed E-state index contributed by atoms with van der Waals surface area (Å²) in [6.07, 6.45) is -0.404. The van der Waals surface area contributed by atoms with Crippen LogP contribution >= 0.6 is 0 Å². The van der Waals surface area contributed by atoms with Crippen molar-refractivity contribution in [2.75, 3.05) is 6.54 Å². The summed E-state index contributed by atoms with van der Waals surface area (Å²) >= 11 is 0. The molecule has 0 heterocycles. The second kappa shape index (κ2) is 14.6. The Kier molecular flexibility index (Phi) is 13.1. The first-order valence-corrected chi connectivity index (χ1v) is 10.4. The molecule has 0 aromatic rings. The Balaban J connectivity index is 5.39. The van der Waals surface area contributed by atoms with Crippen LogP contribution in [0.4, 0.5) is 0 Å². The zero-order chi connectivity index (χ0) is 25.7. The van der Waals surface area contributed by atoms with Crippen LogP contribution < -0.4 is 33.2 Å². The van der Waals surface area contributed by atoms with Gasteiger partial charge in [-0.05, 0) is 32.1 Å². The molecule has 188 valence electrons. The Morgan fingerprint density at radius 1 is 0.848 bits per heavy atom. The number of hydrogen-bond donors (Lipinski definition) is 8. The maximum absolute atomic E-state index is 12.7. The van der Waals surface area contributed by atoms with Crippen LogP contribution in [0, 0.1) is 5.92 Å². The summed E-state index contributed by atoms with van der Waals surface area (Å²) < 4.78 is 0. The van der Waals surface area contributed by atoms with Crippen LogP contribution in [0.25, 0.3) is 0 Å². The molecule has 0 aliphatic heterocycles. The van der Waals surface area contributed by atoms with Crippen molar-refractivity contribution in [3.63, 3.8) is 0 Å². The molecule has 0 aliphatic carbocycles. The van der Waals surface area contributed by atoms with Gasteiger partial charge in [-0.1, -0.05) is 13.8 Å². The van der Waals surface area contributed by atoms with Crippen molar-refractivity contribution in [1.82, 2.24) is 16.0 Å². The Morgan fingerprint density at radius 2 is 1.36 bits per heavy atom. The summed E-state index contributed by atoms with van der Waals surface area (Å²) in [5.41, 5.74) is 15.9. The molecule has 0 radical (unpaired) electrons. The van der Waals surface area contributed by atoms with Crippen molar-refractivity contribution in [2.45, 2.75) is 70.6 Å². The molecule has 3 amide bonds. The largest absolute Gasteiger partial charge is 0.481 e. The number of carbonyl (C=O) groups excluding carboxylic acids is 3. The minimum Gasteiger partial charge on any atom is -0.481 e. The smallest absolute Gasteiger partial charge is 0.326 e. The zero-order valence-corrected chi connectivity index (χ0v) is 19.0. The Labute approximate surface area is 191 Å². The van der Waals surface area contributed by atoms with Gasteiger partial charge in [0, 0.05) is 6.54 Å². The van der Waals surface area contributed by atoms with Crippen LogP contribution in [0.5, 0.6) is 0 Å². The topological polar surface area (TPSA) is 252 Å². The second-order valence-corrected chi connectivity index (χ2v) is 7.99. The molecule has 0 saturated heterocycles. The molecule has 0 fully saturated rings. The molecule has 0 aromatic carbocycles. The Morgan fingerprint density at radius 3 is 1.82 bits per heavy atom. The van der Waals surface area contributed by atoms with Crippen LogP contribution in [-0.4, -0.2) is 76.5 Å². The second-order valence-electron chi connectivity index (χ2n) is 7.99. The number of aliphatic imine (C=N–C) groups is 1. The number of carboxylic acids is 2. The SMILES string of the molecule is CC(C)CC(NC(=O)C(C)N)C(=O)NC(CC(=O)O)C(=O)NC(CCCN=C(N)N)C(=O)O. The Hall–Kier alpha value is -3.42. The van der Waals surface area contributed by atoms with E-state index in [2.05, 4.69) is 20.9 Å². The normalized spacial score (nSPS) is 14.3. The van der Waals surface area contributed by atoms with Gasteiger partial charge in [-0.2, -0.15) is 0 Å². The van der Waals surface area contributed by atoms with Gasteiger partial charge in [0.15, 0.2) is 5.96 Å². The van der Waals surface area contributed by atoms with E-state index in [1.807, 2.05) is 0 Å². The van der Waals surface area contributed by atoms with E-state index >= 15 is 0 Å². The predicted octanol–water partition coefficient (Wildman–Crippen LogP) is -2.55. The molecule has 0 saturated carbocycles. The van der Waals surface area contributed by atoms with Gasteiger partial charge in [0.1, 0.15) is 18.1 Å². The molecular weight excluding hydrogens is 438 g/mol. The average Bonchev–Trinajstić information content (AvgIpc) is 2.67. The van der Waals surface area contributed by atoms with E-state index in [1.54, 1.807) is 13.8 Å². The predicted molar refractivity (Wildman–Crippen MR) is 119 cm³/mol. The molecule has 33 heavy (non-hydrogen) atoms. The van der Waals surface area contributed by atoms with E-state index in [0.717, 1.165) is 0 Å². The lowest BCUT2D eigenvalue weighted by Gasteiger charge is -2.25. The number of hydrogen-bond acceptors (Lipinski definition) is 7. The fraction of sp³-hybridized carbons (Fsp3) is 0.684. The lowest BCUT2D eigenvalue weighted by atomic mass is 10.0. The number of amides is 3.